The van der Waals surface area contributed by atoms with Crippen LogP contribution in [0.25, 0.3) is 0 Å². The van der Waals surface area contributed by atoms with E-state index in [0.29, 0.717) is 5.76 Å². The predicted molar refractivity (Wildman–Crippen MR) is 76.3 cm³/mol. The van der Waals surface area contributed by atoms with Gasteiger partial charge in [0.15, 0.2) is 11.5 Å². The van der Waals surface area contributed by atoms with Crippen LogP contribution in [0.3, 0.4) is 0 Å². The number of aromatic nitrogens is 1. The Kier molecular flexibility index (Phi) is 5.26. The quantitative estimate of drug-likeness (QED) is 0.798. The molecule has 0 aliphatic heterocycles. The molecule has 0 radical (unpaired) electrons. The van der Waals surface area contributed by atoms with Gasteiger partial charge in [0.1, 0.15) is 12.6 Å². The number of amides is 1. The van der Waals surface area contributed by atoms with Crippen molar-refractivity contribution in [2.45, 2.75) is 19.1 Å². The Morgan fingerprint density at radius 2 is 2.09 bits per heavy atom. The van der Waals surface area contributed by atoms with Gasteiger partial charge in [-0.05, 0) is 5.56 Å². The van der Waals surface area contributed by atoms with Crippen molar-refractivity contribution in [2.75, 3.05) is 7.11 Å². The van der Waals surface area contributed by atoms with Crippen LogP contribution in [0.1, 0.15) is 21.8 Å². The number of hydrogen-bond donors (Lipinski definition) is 2. The van der Waals surface area contributed by atoms with Crippen LogP contribution in [-0.2, 0) is 22.6 Å². The summed E-state index contributed by atoms with van der Waals surface area (Å²) in [5.74, 6) is -1.32. The van der Waals surface area contributed by atoms with Crippen LogP contribution >= 0.6 is 0 Å². The Labute approximate surface area is 126 Å². The van der Waals surface area contributed by atoms with E-state index in [9.17, 15) is 14.7 Å². The summed E-state index contributed by atoms with van der Waals surface area (Å²) >= 11 is 0. The first-order chi connectivity index (χ1) is 10.6. The molecule has 0 fully saturated rings. The number of methoxy groups -OCH3 is 1. The fourth-order valence-electron chi connectivity index (χ4n) is 1.91. The van der Waals surface area contributed by atoms with Crippen LogP contribution in [0.15, 0.2) is 40.9 Å². The van der Waals surface area contributed by atoms with Crippen LogP contribution in [-0.4, -0.2) is 35.3 Å². The van der Waals surface area contributed by atoms with E-state index in [1.807, 2.05) is 18.2 Å². The van der Waals surface area contributed by atoms with E-state index in [0.717, 1.165) is 5.56 Å². The Morgan fingerprint density at radius 3 is 2.73 bits per heavy atom. The smallest absolute Gasteiger partial charge is 0.326 e. The third kappa shape index (κ3) is 4.16. The third-order valence-electron chi connectivity index (χ3n) is 2.96. The topological polar surface area (TPSA) is 102 Å². The molecule has 1 aromatic heterocycles. The lowest BCUT2D eigenvalue weighted by Crippen LogP contribution is -2.42. The fraction of sp³-hybridized carbons (Fsp3) is 0.267. The summed E-state index contributed by atoms with van der Waals surface area (Å²) < 4.78 is 9.76. The molecule has 7 heteroatoms. The molecule has 2 N–H and O–H groups in total. The van der Waals surface area contributed by atoms with Gasteiger partial charge in [-0.2, -0.15) is 0 Å². The number of nitrogens with one attached hydrogen (secondary N) is 1. The van der Waals surface area contributed by atoms with Gasteiger partial charge in [0.2, 0.25) is 0 Å². The van der Waals surface area contributed by atoms with Gasteiger partial charge in [-0.15, -0.1) is 0 Å². The number of carbonyl (C=O) groups is 2. The van der Waals surface area contributed by atoms with Crippen LogP contribution in [0.4, 0.5) is 0 Å². The van der Waals surface area contributed by atoms with Crippen molar-refractivity contribution in [3.8, 4) is 0 Å². The molecule has 1 amide bonds. The van der Waals surface area contributed by atoms with Crippen molar-refractivity contribution in [1.29, 1.82) is 0 Å². The number of nitrogens with zero attached hydrogens (tertiary/aromatic N) is 1. The van der Waals surface area contributed by atoms with Gasteiger partial charge >= 0.3 is 5.97 Å². The van der Waals surface area contributed by atoms with Crippen molar-refractivity contribution in [3.63, 3.8) is 0 Å². The van der Waals surface area contributed by atoms with Gasteiger partial charge in [0, 0.05) is 19.6 Å². The van der Waals surface area contributed by atoms with Gasteiger partial charge in [0.05, 0.1) is 0 Å². The maximum absolute atomic E-state index is 12.0. The molecule has 0 aliphatic carbocycles. The highest BCUT2D eigenvalue weighted by atomic mass is 16.5. The summed E-state index contributed by atoms with van der Waals surface area (Å²) in [7, 11) is 1.49. The second-order valence-electron chi connectivity index (χ2n) is 4.67. The summed E-state index contributed by atoms with van der Waals surface area (Å²) in [4.78, 5) is 23.3. The number of rotatable bonds is 7. The highest BCUT2D eigenvalue weighted by Crippen LogP contribution is 2.07. The molecule has 0 saturated carbocycles. The molecule has 1 atom stereocenters. The number of aliphatic carboxylic acids is 1. The van der Waals surface area contributed by atoms with E-state index < -0.39 is 17.9 Å². The molecular formula is C15H16N2O5. The second kappa shape index (κ2) is 7.37. The predicted octanol–water partition coefficient (Wildman–Crippen LogP) is 1.25. The van der Waals surface area contributed by atoms with Crippen LogP contribution in [0.5, 0.6) is 0 Å². The molecule has 1 heterocycles. The Bertz CT molecular complexity index is 638. The molecule has 2 aromatic rings. The van der Waals surface area contributed by atoms with Gasteiger partial charge in [-0.1, -0.05) is 35.5 Å². The largest absolute Gasteiger partial charge is 0.480 e. The maximum atomic E-state index is 12.0. The van der Waals surface area contributed by atoms with Crippen LogP contribution < -0.4 is 5.32 Å². The lowest BCUT2D eigenvalue weighted by atomic mass is 10.1. The molecule has 1 aromatic carbocycles. The summed E-state index contributed by atoms with van der Waals surface area (Å²) in [6.45, 7) is 0.187. The SMILES string of the molecule is COCc1cc(C(=O)NC(Cc2ccccc2)C(=O)O)no1. The number of ether oxygens (including phenoxy) is 1. The Morgan fingerprint density at radius 1 is 1.36 bits per heavy atom. The zero-order chi connectivity index (χ0) is 15.9. The second-order valence-corrected chi connectivity index (χ2v) is 4.67. The van der Waals surface area contributed by atoms with Crippen LogP contribution in [0, 0.1) is 0 Å². The first-order valence-corrected chi connectivity index (χ1v) is 6.62. The van der Waals surface area contributed by atoms with Gasteiger partial charge in [-0.3, -0.25) is 4.79 Å². The number of carboxylic acids is 1. The zero-order valence-corrected chi connectivity index (χ0v) is 12.0. The van der Waals surface area contributed by atoms with Gasteiger partial charge in [0.25, 0.3) is 5.91 Å². The summed E-state index contributed by atoms with van der Waals surface area (Å²) in [5.41, 5.74) is 0.835. The zero-order valence-electron chi connectivity index (χ0n) is 12.0. The first-order valence-electron chi connectivity index (χ1n) is 6.62. The Hall–Kier alpha value is -2.67. The van der Waals surface area contributed by atoms with Crippen molar-refractivity contribution < 1.29 is 24.0 Å². The van der Waals surface area contributed by atoms with Crippen molar-refractivity contribution in [2.24, 2.45) is 0 Å². The molecule has 7 nitrogen and oxygen atoms in total. The summed E-state index contributed by atoms with van der Waals surface area (Å²) in [6.07, 6.45) is 0.185. The standard InChI is InChI=1S/C15H16N2O5/c1-21-9-11-8-12(17-22-11)14(18)16-13(15(19)20)7-10-5-3-2-4-6-10/h2-6,8,13H,7,9H2,1H3,(H,16,18)(H,19,20). The first kappa shape index (κ1) is 15.7. The van der Waals surface area contributed by atoms with E-state index >= 15 is 0 Å². The highest BCUT2D eigenvalue weighted by molar-refractivity contribution is 5.94. The van der Waals surface area contributed by atoms with E-state index in [1.54, 1.807) is 12.1 Å². The molecule has 22 heavy (non-hydrogen) atoms. The number of carboxylic acid groups (broad SMARTS) is 1. The van der Waals surface area contributed by atoms with Crippen LogP contribution in [0.2, 0.25) is 0 Å². The van der Waals surface area contributed by atoms with E-state index in [4.69, 9.17) is 9.26 Å². The number of benzene rings is 1. The molecule has 116 valence electrons. The molecule has 2 rings (SSSR count). The lowest BCUT2D eigenvalue weighted by molar-refractivity contribution is -0.139. The summed E-state index contributed by atoms with van der Waals surface area (Å²) in [6, 6.07) is 9.43. The van der Waals surface area contributed by atoms with Crippen molar-refractivity contribution in [1.82, 2.24) is 10.5 Å². The van der Waals surface area contributed by atoms with E-state index in [2.05, 4.69) is 10.5 Å². The molecule has 1 unspecified atom stereocenters. The number of carbonyl (C=O) groups excluding carboxylic acids is 1. The lowest BCUT2D eigenvalue weighted by Gasteiger charge is -2.13. The average Bonchev–Trinajstić information content (AvgIpc) is 2.96. The minimum Gasteiger partial charge on any atom is -0.480 e. The van der Waals surface area contributed by atoms with Crippen molar-refractivity contribution >= 4 is 11.9 Å². The molecule has 0 aliphatic rings. The normalized spacial score (nSPS) is 11.9. The van der Waals surface area contributed by atoms with E-state index in [-0.39, 0.29) is 18.7 Å². The Balaban J connectivity index is 2.03. The fourth-order valence-corrected chi connectivity index (χ4v) is 1.91. The monoisotopic (exact) mass is 304 g/mol. The van der Waals surface area contributed by atoms with E-state index in [1.165, 1.54) is 13.2 Å². The third-order valence-corrected chi connectivity index (χ3v) is 2.96. The van der Waals surface area contributed by atoms with Crippen molar-refractivity contribution in [3.05, 3.63) is 53.4 Å². The molecule has 0 saturated heterocycles. The average molecular weight is 304 g/mol. The molecule has 0 bridgehead atoms. The maximum Gasteiger partial charge on any atom is 0.326 e. The highest BCUT2D eigenvalue weighted by Gasteiger charge is 2.23. The summed E-state index contributed by atoms with van der Waals surface area (Å²) in [5, 5.41) is 15.3. The molecule has 0 spiro atoms. The van der Waals surface area contributed by atoms with Gasteiger partial charge < -0.3 is 19.7 Å². The minimum absolute atomic E-state index is 0.0198. The molecular weight excluding hydrogens is 288 g/mol. The minimum atomic E-state index is -1.11. The number of hydrogen-bond acceptors (Lipinski definition) is 5. The van der Waals surface area contributed by atoms with Gasteiger partial charge in [-0.25, -0.2) is 4.79 Å².